The summed E-state index contributed by atoms with van der Waals surface area (Å²) in [5.74, 6) is 1.11. The van der Waals surface area contributed by atoms with Crippen LogP contribution >= 0.6 is 0 Å². The van der Waals surface area contributed by atoms with E-state index in [2.05, 4.69) is 56.9 Å². The Morgan fingerprint density at radius 1 is 0.892 bits per heavy atom. The summed E-state index contributed by atoms with van der Waals surface area (Å²) in [7, 11) is 0. The third-order valence-electron chi connectivity index (χ3n) is 6.41. The molecule has 5 aromatic rings. The van der Waals surface area contributed by atoms with Gasteiger partial charge in [-0.3, -0.25) is 4.98 Å². The van der Waals surface area contributed by atoms with Crippen molar-refractivity contribution in [1.82, 2.24) is 19.3 Å². The molecule has 5 rings (SSSR count). The molecule has 0 saturated carbocycles. The molecule has 0 bridgehead atoms. The summed E-state index contributed by atoms with van der Waals surface area (Å²) in [6.45, 7) is 10.5. The number of nitrogens with zero attached hydrogens (tertiary/aromatic N) is 4. The van der Waals surface area contributed by atoms with Crippen LogP contribution in [-0.4, -0.2) is 24.4 Å². The Balaban J connectivity index is 0.00000353. The van der Waals surface area contributed by atoms with Gasteiger partial charge in [-0.1, -0.05) is 69.2 Å². The van der Waals surface area contributed by atoms with Crippen molar-refractivity contribution >= 4 is 0 Å². The minimum absolute atomic E-state index is 0. The molecule has 1 N–H and O–H groups in total. The Labute approximate surface area is 235 Å². The van der Waals surface area contributed by atoms with E-state index in [-0.39, 0.29) is 51.0 Å². The van der Waals surface area contributed by atoms with Gasteiger partial charge in [-0.25, -0.2) is 9.78 Å². The first kappa shape index (κ1) is 23.9. The second-order valence-electron chi connectivity index (χ2n) is 9.64. The minimum atomic E-state index is -0.0771. The average molecular weight is 673 g/mol. The second kappa shape index (κ2) is 10.9. The quantitative estimate of drug-likeness (QED) is 0.191. The van der Waals surface area contributed by atoms with E-state index in [0.717, 1.165) is 28.1 Å². The molecule has 192 valence electrons. The third kappa shape index (κ3) is 5.06. The summed E-state index contributed by atoms with van der Waals surface area (Å²) in [5, 5.41) is 15.1. The number of phenolic OH excluding ortho intramolecular Hbond substituents is 1. The number of rotatable bonds is 6. The molecule has 0 atom stereocenters. The molecule has 0 saturated heterocycles. The van der Waals surface area contributed by atoms with Gasteiger partial charge < -0.3 is 9.67 Å². The summed E-state index contributed by atoms with van der Waals surface area (Å²) in [5.41, 5.74) is 6.75. The molecule has 37 heavy (non-hydrogen) atoms. The number of aromatic nitrogens is 4. The Hall–Kier alpha value is -3.43. The van der Waals surface area contributed by atoms with Crippen LogP contribution < -0.4 is 0 Å². The molecule has 0 aliphatic carbocycles. The van der Waals surface area contributed by atoms with Crippen molar-refractivity contribution in [3.05, 3.63) is 102 Å². The van der Waals surface area contributed by atoms with Crippen molar-refractivity contribution in [3.63, 3.8) is 0 Å². The molecule has 2 heterocycles. The van der Waals surface area contributed by atoms with Crippen LogP contribution in [0.1, 0.15) is 59.1 Å². The van der Waals surface area contributed by atoms with Gasteiger partial charge >= 0.3 is 0 Å². The van der Waals surface area contributed by atoms with Crippen molar-refractivity contribution in [2.24, 2.45) is 0 Å². The smallest absolute Gasteiger partial charge is 0.141 e. The van der Waals surface area contributed by atoms with Crippen molar-refractivity contribution in [2.75, 3.05) is 0 Å². The number of imidazole rings is 1. The van der Waals surface area contributed by atoms with Gasteiger partial charge in [0.2, 0.25) is 0 Å². The number of phenols is 1. The number of aromatic hydroxyl groups is 1. The monoisotopic (exact) mass is 672 g/mol. The van der Waals surface area contributed by atoms with Crippen LogP contribution in [0.25, 0.3) is 34.0 Å². The zero-order chi connectivity index (χ0) is 27.1. The van der Waals surface area contributed by atoms with Gasteiger partial charge in [-0.05, 0) is 48.1 Å². The predicted octanol–water partition coefficient (Wildman–Crippen LogP) is 7.45. The normalized spacial score (nSPS) is 12.0. The van der Waals surface area contributed by atoms with Gasteiger partial charge in [0.25, 0.3) is 0 Å². The van der Waals surface area contributed by atoms with Gasteiger partial charge in [-0.15, -0.1) is 24.3 Å². The van der Waals surface area contributed by atoms with E-state index < -0.39 is 0 Å². The minimum Gasteiger partial charge on any atom is -0.506 e. The van der Waals surface area contributed by atoms with Crippen LogP contribution in [0.15, 0.2) is 79.1 Å². The molecule has 0 amide bonds. The molecule has 0 unspecified atom stereocenters. The summed E-state index contributed by atoms with van der Waals surface area (Å²) < 4.78 is 20.7. The van der Waals surface area contributed by atoms with Crippen molar-refractivity contribution < 1.29 is 28.9 Å². The molecule has 0 spiro atoms. The Bertz CT molecular complexity index is 1610. The van der Waals surface area contributed by atoms with E-state index in [1.54, 1.807) is 21.4 Å². The summed E-state index contributed by atoms with van der Waals surface area (Å²) >= 11 is 0. The fourth-order valence-corrected chi connectivity index (χ4v) is 4.59. The third-order valence-corrected chi connectivity index (χ3v) is 6.41. The standard InChI is InChI=1S/C31H31N4O.Pt/c1-20(2)25-12-9-13-26(21(3)4)30(25)34-17-16-32-31(34)24-11-8-10-23(19-24)27-18-22(5)35(33-27)28-14-6-7-15-29(28)36;/h6-18,20-21,36H,1-5H3;/q-1;/i16D,17D;. The van der Waals surface area contributed by atoms with Crippen LogP contribution in [0.4, 0.5) is 0 Å². The maximum atomic E-state index is 10.3. The van der Waals surface area contributed by atoms with Crippen LogP contribution in [0.3, 0.4) is 0 Å². The van der Waals surface area contributed by atoms with Gasteiger partial charge in [0.05, 0.1) is 8.57 Å². The fraction of sp³-hybridized carbons (Fsp3) is 0.226. The molecule has 0 radical (unpaired) electrons. The van der Waals surface area contributed by atoms with Crippen LogP contribution in [0, 0.1) is 13.0 Å². The summed E-state index contributed by atoms with van der Waals surface area (Å²) in [4.78, 5) is 4.53. The van der Waals surface area contributed by atoms with Gasteiger partial charge in [0.15, 0.2) is 0 Å². The predicted molar refractivity (Wildman–Crippen MR) is 145 cm³/mol. The van der Waals surface area contributed by atoms with E-state index in [1.165, 1.54) is 0 Å². The molecule has 2 aromatic heterocycles. The summed E-state index contributed by atoms with van der Waals surface area (Å²) in [6.07, 6.45) is -0.0276. The number of hydrogen-bond donors (Lipinski definition) is 1. The first-order chi connectivity index (χ1) is 18.2. The molecule has 3 aromatic carbocycles. The first-order valence-electron chi connectivity index (χ1n) is 13.2. The van der Waals surface area contributed by atoms with E-state index in [9.17, 15) is 5.11 Å². The first-order valence-corrected chi connectivity index (χ1v) is 12.2. The molecular weight excluding hydrogens is 639 g/mol. The van der Waals surface area contributed by atoms with E-state index >= 15 is 0 Å². The Morgan fingerprint density at radius 2 is 1.54 bits per heavy atom. The van der Waals surface area contributed by atoms with Crippen LogP contribution in [0.5, 0.6) is 5.75 Å². The van der Waals surface area contributed by atoms with Gasteiger partial charge in [0, 0.05) is 50.5 Å². The Morgan fingerprint density at radius 3 is 2.22 bits per heavy atom. The number of para-hydroxylation sites is 3. The van der Waals surface area contributed by atoms with Gasteiger partial charge in [-0.2, -0.15) is 0 Å². The largest absolute Gasteiger partial charge is 0.506 e. The summed E-state index contributed by atoms with van der Waals surface area (Å²) in [6, 6.07) is 24.5. The molecule has 0 aliphatic heterocycles. The van der Waals surface area contributed by atoms with E-state index in [1.807, 2.05) is 43.3 Å². The number of benzene rings is 3. The molecule has 0 aliphatic rings. The maximum Gasteiger partial charge on any atom is 0.141 e. The second-order valence-corrected chi connectivity index (χ2v) is 9.64. The van der Waals surface area contributed by atoms with Crippen molar-refractivity contribution in [1.29, 1.82) is 0 Å². The van der Waals surface area contributed by atoms with Gasteiger partial charge in [0.1, 0.15) is 11.4 Å². The van der Waals surface area contributed by atoms with E-state index in [0.29, 0.717) is 22.8 Å². The Kier molecular flexibility index (Phi) is 7.05. The number of aryl methyl sites for hydroxylation is 1. The van der Waals surface area contributed by atoms with E-state index in [4.69, 9.17) is 7.84 Å². The maximum absolute atomic E-state index is 10.3. The molecule has 6 heteroatoms. The average Bonchev–Trinajstić information content (AvgIpc) is 3.43. The van der Waals surface area contributed by atoms with Crippen LogP contribution in [-0.2, 0) is 21.1 Å². The molecule has 5 nitrogen and oxygen atoms in total. The van der Waals surface area contributed by atoms with Crippen LogP contribution in [0.2, 0.25) is 0 Å². The molecule has 0 fully saturated rings. The topological polar surface area (TPSA) is 55.9 Å². The fourth-order valence-electron chi connectivity index (χ4n) is 4.59. The van der Waals surface area contributed by atoms with Crippen molar-refractivity contribution in [2.45, 2.75) is 46.5 Å². The SMILES string of the molecule is [2H]c1nc(-c2[c-]c(-c3cc(C)n(-c4ccccc4O)n3)ccc2)n(-c2c(C(C)C)cccc2C(C)C)c1[2H].[Pt]. The van der Waals surface area contributed by atoms with Crippen molar-refractivity contribution in [3.8, 4) is 39.8 Å². The number of hydrogen-bond acceptors (Lipinski definition) is 3. The molecular formula is C31H31N4OPt-. The zero-order valence-electron chi connectivity index (χ0n) is 23.6. The zero-order valence-corrected chi connectivity index (χ0v) is 23.8.